The van der Waals surface area contributed by atoms with Gasteiger partial charge in [-0.3, -0.25) is 4.98 Å². The monoisotopic (exact) mass is 483 g/mol. The van der Waals surface area contributed by atoms with E-state index in [1.807, 2.05) is 97.1 Å². The number of hydrogen-bond donors (Lipinski definition) is 0. The third-order valence-electron chi connectivity index (χ3n) is 6.26. The molecule has 6 aromatic rings. The number of rotatable bonds is 5. The minimum Gasteiger partial charge on any atom is -0.872 e. The molecule has 176 valence electrons. The van der Waals surface area contributed by atoms with E-state index < -0.39 is 0 Å². The zero-order valence-corrected chi connectivity index (χ0v) is 21.0. The van der Waals surface area contributed by atoms with Gasteiger partial charge in [0.05, 0.1) is 17.1 Å². The van der Waals surface area contributed by atoms with E-state index in [1.54, 1.807) is 12.3 Å². The Morgan fingerprint density at radius 1 is 0.447 bits per heavy atom. The maximum absolute atomic E-state index is 12.5. The zero-order chi connectivity index (χ0) is 25.0. The van der Waals surface area contributed by atoms with E-state index >= 15 is 0 Å². The Balaban J connectivity index is 0.00000294. The van der Waals surface area contributed by atoms with Crippen LogP contribution < -0.4 is 24.0 Å². The molecule has 0 unspecified atom stereocenters. The third-order valence-corrected chi connectivity index (χ3v) is 6.26. The summed E-state index contributed by atoms with van der Waals surface area (Å²) >= 11 is 0. The second-order valence-corrected chi connectivity index (χ2v) is 8.70. The summed E-state index contributed by atoms with van der Waals surface area (Å²) in [7, 11) is 0. The van der Waals surface area contributed by atoms with Crippen LogP contribution in [0.3, 0.4) is 0 Å². The molecule has 4 nitrogen and oxygen atoms in total. The number of hydrogen-bond acceptors (Lipinski definition) is 4. The van der Waals surface area contributed by atoms with Gasteiger partial charge in [0.2, 0.25) is 0 Å². The average Bonchev–Trinajstić information content (AvgIpc) is 2.99. The maximum Gasteiger partial charge on any atom is 1.00 e. The molecule has 0 bridgehead atoms. The van der Waals surface area contributed by atoms with Crippen LogP contribution in [0, 0.1) is 0 Å². The Morgan fingerprint density at radius 2 is 1.00 bits per heavy atom. The Morgan fingerprint density at radius 3 is 1.58 bits per heavy atom. The minimum atomic E-state index is -0.0429. The van der Waals surface area contributed by atoms with Crippen LogP contribution >= 0.6 is 0 Å². The summed E-state index contributed by atoms with van der Waals surface area (Å²) < 4.78 is 0. The minimum absolute atomic E-state index is 0. The number of benzene rings is 4. The predicted octanol–water partition coefficient (Wildman–Crippen LogP) is 4.28. The first-order chi connectivity index (χ1) is 18.2. The van der Waals surface area contributed by atoms with Crippen LogP contribution in [0.5, 0.6) is 5.75 Å². The van der Waals surface area contributed by atoms with Gasteiger partial charge in [0, 0.05) is 22.9 Å². The molecule has 0 N–H and O–H groups in total. The zero-order valence-electron chi connectivity index (χ0n) is 21.0. The van der Waals surface area contributed by atoms with E-state index in [9.17, 15) is 5.11 Å². The van der Waals surface area contributed by atoms with Gasteiger partial charge in [-0.05, 0) is 41.0 Å². The standard InChI is InChI=1S/C33H23N3O.Li/c37-32-19-18-27(21-28(32)29-13-7-8-20-34-29)23-14-16-26(17-15-23)33-35-30(24-9-3-1-4-10-24)22-31(36-33)25-11-5-2-6-12-25;/h1-22,37H;/q;+1/p-1. The number of nitrogens with zero attached hydrogens (tertiary/aromatic N) is 3. The van der Waals surface area contributed by atoms with Crippen molar-refractivity contribution in [3.8, 4) is 62.0 Å². The second kappa shape index (κ2) is 11.3. The molecule has 6 rings (SSSR count). The maximum atomic E-state index is 12.5. The van der Waals surface area contributed by atoms with Crippen LogP contribution in [-0.2, 0) is 0 Å². The van der Waals surface area contributed by atoms with Gasteiger partial charge in [0.15, 0.2) is 5.82 Å². The molecule has 0 spiro atoms. The summed E-state index contributed by atoms with van der Waals surface area (Å²) in [6, 6.07) is 41.4. The van der Waals surface area contributed by atoms with E-state index in [0.29, 0.717) is 17.1 Å². The van der Waals surface area contributed by atoms with Crippen LogP contribution in [0.25, 0.3) is 56.3 Å². The van der Waals surface area contributed by atoms with E-state index in [-0.39, 0.29) is 24.6 Å². The van der Waals surface area contributed by atoms with Crippen molar-refractivity contribution >= 4 is 0 Å². The van der Waals surface area contributed by atoms with Gasteiger partial charge in [-0.2, -0.15) is 0 Å². The normalized spacial score (nSPS) is 10.5. The van der Waals surface area contributed by atoms with Crippen LogP contribution in [0.4, 0.5) is 0 Å². The third kappa shape index (κ3) is 5.28. The SMILES string of the molecule is [Li+].[O-]c1ccc(-c2ccc(-c3nc(-c4ccccc4)cc(-c4ccccc4)n3)cc2)cc1-c1ccccn1. The van der Waals surface area contributed by atoms with Crippen molar-refractivity contribution in [2.75, 3.05) is 0 Å². The van der Waals surface area contributed by atoms with Gasteiger partial charge in [0.25, 0.3) is 0 Å². The van der Waals surface area contributed by atoms with E-state index in [2.05, 4.69) is 29.2 Å². The summed E-state index contributed by atoms with van der Waals surface area (Å²) in [6.45, 7) is 0. The number of pyridine rings is 1. The molecule has 0 saturated carbocycles. The van der Waals surface area contributed by atoms with Crippen molar-refractivity contribution in [1.29, 1.82) is 0 Å². The van der Waals surface area contributed by atoms with Gasteiger partial charge in [-0.15, -0.1) is 0 Å². The van der Waals surface area contributed by atoms with Crippen molar-refractivity contribution in [3.05, 3.63) is 134 Å². The van der Waals surface area contributed by atoms with Gasteiger partial charge in [-0.25, -0.2) is 9.97 Å². The molecule has 0 radical (unpaired) electrons. The van der Waals surface area contributed by atoms with Crippen LogP contribution in [0.2, 0.25) is 0 Å². The predicted molar refractivity (Wildman–Crippen MR) is 146 cm³/mol. The quantitative estimate of drug-likeness (QED) is 0.344. The Labute approximate surface area is 233 Å². The van der Waals surface area contributed by atoms with Crippen molar-refractivity contribution in [2.45, 2.75) is 0 Å². The molecule has 0 amide bonds. The smallest absolute Gasteiger partial charge is 0.872 e. The molecule has 0 saturated heterocycles. The Bertz CT molecular complexity index is 1600. The van der Waals surface area contributed by atoms with Gasteiger partial charge >= 0.3 is 18.9 Å². The summed E-state index contributed by atoms with van der Waals surface area (Å²) in [4.78, 5) is 14.2. The molecule has 2 aromatic heterocycles. The number of aromatic nitrogens is 3. The Hall–Kier alpha value is -4.49. The summed E-state index contributed by atoms with van der Waals surface area (Å²) in [6.07, 6.45) is 1.70. The average molecular weight is 484 g/mol. The second-order valence-electron chi connectivity index (χ2n) is 8.70. The molecule has 0 atom stereocenters. The van der Waals surface area contributed by atoms with Crippen molar-refractivity contribution in [1.82, 2.24) is 15.0 Å². The Kier molecular flexibility index (Phi) is 7.47. The first-order valence-corrected chi connectivity index (χ1v) is 12.1. The fraction of sp³-hybridized carbons (Fsp3) is 0. The van der Waals surface area contributed by atoms with Gasteiger partial charge < -0.3 is 5.11 Å². The molecule has 0 fully saturated rings. The van der Waals surface area contributed by atoms with Crippen LogP contribution in [-0.4, -0.2) is 15.0 Å². The molecule has 38 heavy (non-hydrogen) atoms. The van der Waals surface area contributed by atoms with Gasteiger partial charge in [-0.1, -0.05) is 109 Å². The first-order valence-electron chi connectivity index (χ1n) is 12.1. The van der Waals surface area contributed by atoms with Crippen molar-refractivity contribution in [3.63, 3.8) is 0 Å². The molecule has 0 aliphatic rings. The fourth-order valence-corrected chi connectivity index (χ4v) is 4.33. The molecule has 4 aromatic carbocycles. The molecular weight excluding hydrogens is 461 g/mol. The topological polar surface area (TPSA) is 61.7 Å². The van der Waals surface area contributed by atoms with Gasteiger partial charge in [0.1, 0.15) is 0 Å². The summed E-state index contributed by atoms with van der Waals surface area (Å²) in [5.41, 5.74) is 7.97. The van der Waals surface area contributed by atoms with Crippen LogP contribution in [0.1, 0.15) is 0 Å². The largest absolute Gasteiger partial charge is 1.00 e. The molecule has 5 heteroatoms. The fourth-order valence-electron chi connectivity index (χ4n) is 4.33. The first kappa shape index (κ1) is 25.2. The van der Waals surface area contributed by atoms with E-state index in [1.165, 1.54) is 0 Å². The molecular formula is C33H22LiN3O. The summed E-state index contributed by atoms with van der Waals surface area (Å²) in [5, 5.41) is 12.5. The molecule has 0 aliphatic heterocycles. The van der Waals surface area contributed by atoms with Crippen molar-refractivity contribution in [2.24, 2.45) is 0 Å². The van der Waals surface area contributed by atoms with E-state index in [0.717, 1.165) is 39.2 Å². The molecule has 2 heterocycles. The molecule has 0 aliphatic carbocycles. The van der Waals surface area contributed by atoms with Crippen LogP contribution in [0.15, 0.2) is 134 Å². The summed E-state index contributed by atoms with van der Waals surface area (Å²) in [5.74, 6) is 0.620. The van der Waals surface area contributed by atoms with Crippen molar-refractivity contribution < 1.29 is 24.0 Å². The van der Waals surface area contributed by atoms with E-state index in [4.69, 9.17) is 9.97 Å².